The summed E-state index contributed by atoms with van der Waals surface area (Å²) >= 11 is 0. The molecule has 1 aliphatic rings. The minimum atomic E-state index is -3.26. The second kappa shape index (κ2) is 6.58. The van der Waals surface area contributed by atoms with Crippen molar-refractivity contribution in [1.29, 1.82) is 0 Å². The van der Waals surface area contributed by atoms with Crippen LogP contribution in [0, 0.1) is 5.92 Å². The molecule has 7 heteroatoms. The fraction of sp³-hybridized carbons (Fsp3) is 0.467. The van der Waals surface area contributed by atoms with Gasteiger partial charge in [-0.05, 0) is 44.0 Å². The van der Waals surface area contributed by atoms with Crippen LogP contribution in [0.25, 0.3) is 0 Å². The fourth-order valence-electron chi connectivity index (χ4n) is 2.49. The first-order valence-corrected chi connectivity index (χ1v) is 8.99. The number of benzene rings is 1. The summed E-state index contributed by atoms with van der Waals surface area (Å²) in [6.45, 7) is 2.17. The molecule has 1 fully saturated rings. The fourth-order valence-corrected chi connectivity index (χ4v) is 3.40. The molecule has 6 nitrogen and oxygen atoms in total. The van der Waals surface area contributed by atoms with Crippen LogP contribution in [0.1, 0.15) is 30.1 Å². The van der Waals surface area contributed by atoms with Gasteiger partial charge in [0, 0.05) is 24.3 Å². The first kappa shape index (κ1) is 16.6. The third-order valence-electron chi connectivity index (χ3n) is 3.78. The van der Waals surface area contributed by atoms with E-state index >= 15 is 0 Å². The average Bonchev–Trinajstić information content (AvgIpc) is 2.47. The minimum absolute atomic E-state index is 0.0334. The molecule has 0 aliphatic carbocycles. The van der Waals surface area contributed by atoms with Crippen LogP contribution in [-0.4, -0.2) is 43.8 Å². The average molecular weight is 324 g/mol. The highest BCUT2D eigenvalue weighted by Gasteiger charge is 2.30. The molecule has 1 amide bonds. The number of ketones is 1. The molecule has 120 valence electrons. The second-order valence-electron chi connectivity index (χ2n) is 5.58. The molecule has 0 unspecified atom stereocenters. The van der Waals surface area contributed by atoms with E-state index in [1.54, 1.807) is 24.3 Å². The maximum Gasteiger partial charge on any atom is 0.228 e. The Balaban J connectivity index is 2.01. The highest BCUT2D eigenvalue weighted by molar-refractivity contribution is 7.88. The van der Waals surface area contributed by atoms with E-state index in [0.29, 0.717) is 30.6 Å². The maximum absolute atomic E-state index is 12.3. The maximum atomic E-state index is 12.3. The van der Waals surface area contributed by atoms with Gasteiger partial charge in [-0.1, -0.05) is 0 Å². The van der Waals surface area contributed by atoms with E-state index in [1.807, 2.05) is 0 Å². The topological polar surface area (TPSA) is 83.6 Å². The molecular weight excluding hydrogens is 304 g/mol. The lowest BCUT2D eigenvalue weighted by molar-refractivity contribution is -0.120. The van der Waals surface area contributed by atoms with Crippen molar-refractivity contribution < 1.29 is 18.0 Å². The van der Waals surface area contributed by atoms with Crippen LogP contribution in [-0.2, 0) is 14.8 Å². The third kappa shape index (κ3) is 4.14. The standard InChI is InChI=1S/C15H20N2O4S/c1-11(18)12-5-7-14(8-6-12)16-15(19)13-4-3-9-17(10-13)22(2,20)21/h5-8,13H,3-4,9-10H2,1-2H3,(H,16,19)/t13-/m1/s1. The number of nitrogens with zero attached hydrogens (tertiary/aromatic N) is 1. The van der Waals surface area contributed by atoms with Crippen molar-refractivity contribution in [1.82, 2.24) is 4.31 Å². The van der Waals surface area contributed by atoms with E-state index in [-0.39, 0.29) is 24.2 Å². The SMILES string of the molecule is CC(=O)c1ccc(NC(=O)[C@@H]2CCCN(S(C)(=O)=O)C2)cc1. The Morgan fingerprint density at radius 1 is 1.23 bits per heavy atom. The number of hydrogen-bond donors (Lipinski definition) is 1. The summed E-state index contributed by atoms with van der Waals surface area (Å²) in [6.07, 6.45) is 2.51. The van der Waals surface area contributed by atoms with Gasteiger partial charge in [-0.2, -0.15) is 0 Å². The van der Waals surface area contributed by atoms with Crippen LogP contribution in [0.2, 0.25) is 0 Å². The molecule has 0 aromatic heterocycles. The third-order valence-corrected chi connectivity index (χ3v) is 5.05. The Morgan fingerprint density at radius 3 is 2.41 bits per heavy atom. The summed E-state index contributed by atoms with van der Waals surface area (Å²) in [4.78, 5) is 23.5. The van der Waals surface area contributed by atoms with Crippen molar-refractivity contribution in [2.24, 2.45) is 5.92 Å². The van der Waals surface area contributed by atoms with Crippen molar-refractivity contribution in [3.8, 4) is 0 Å². The van der Waals surface area contributed by atoms with Crippen LogP contribution in [0.4, 0.5) is 5.69 Å². The summed E-state index contributed by atoms with van der Waals surface area (Å²) < 4.78 is 24.5. The van der Waals surface area contributed by atoms with Crippen molar-refractivity contribution in [3.63, 3.8) is 0 Å². The second-order valence-corrected chi connectivity index (χ2v) is 7.57. The lowest BCUT2D eigenvalue weighted by Crippen LogP contribution is -2.43. The number of rotatable bonds is 4. The van der Waals surface area contributed by atoms with Gasteiger partial charge < -0.3 is 5.32 Å². The van der Waals surface area contributed by atoms with E-state index in [9.17, 15) is 18.0 Å². The van der Waals surface area contributed by atoms with Crippen LogP contribution in [0.3, 0.4) is 0 Å². The van der Waals surface area contributed by atoms with Crippen LogP contribution in [0.5, 0.6) is 0 Å². The van der Waals surface area contributed by atoms with Crippen LogP contribution in [0.15, 0.2) is 24.3 Å². The van der Waals surface area contributed by atoms with Crippen molar-refractivity contribution in [2.75, 3.05) is 24.7 Å². The Kier molecular flexibility index (Phi) is 4.97. The zero-order chi connectivity index (χ0) is 16.3. The highest BCUT2D eigenvalue weighted by Crippen LogP contribution is 2.20. The Hall–Kier alpha value is -1.73. The van der Waals surface area contributed by atoms with E-state index < -0.39 is 10.0 Å². The first-order chi connectivity index (χ1) is 10.3. The smallest absolute Gasteiger partial charge is 0.228 e. The molecule has 1 aliphatic heterocycles. The van der Waals surface area contributed by atoms with Gasteiger partial charge in [-0.15, -0.1) is 0 Å². The molecule has 1 saturated heterocycles. The number of piperidine rings is 1. The quantitative estimate of drug-likeness (QED) is 0.851. The first-order valence-electron chi connectivity index (χ1n) is 7.14. The van der Waals surface area contributed by atoms with Gasteiger partial charge in [0.15, 0.2) is 5.78 Å². The summed E-state index contributed by atoms with van der Waals surface area (Å²) in [6, 6.07) is 6.65. The highest BCUT2D eigenvalue weighted by atomic mass is 32.2. The van der Waals surface area contributed by atoms with Crippen molar-refractivity contribution in [3.05, 3.63) is 29.8 Å². The van der Waals surface area contributed by atoms with Gasteiger partial charge in [0.05, 0.1) is 12.2 Å². The minimum Gasteiger partial charge on any atom is -0.326 e. The molecule has 0 bridgehead atoms. The number of carbonyl (C=O) groups excluding carboxylic acids is 2. The van der Waals surface area contributed by atoms with Crippen molar-refractivity contribution >= 4 is 27.4 Å². The number of hydrogen-bond acceptors (Lipinski definition) is 4. The summed E-state index contributed by atoms with van der Waals surface area (Å²) in [5.41, 5.74) is 1.19. The van der Waals surface area contributed by atoms with E-state index in [4.69, 9.17) is 0 Å². The number of amides is 1. The van der Waals surface area contributed by atoms with Gasteiger partial charge in [0.1, 0.15) is 0 Å². The van der Waals surface area contributed by atoms with Gasteiger partial charge in [0.2, 0.25) is 15.9 Å². The largest absolute Gasteiger partial charge is 0.326 e. The summed E-state index contributed by atoms with van der Waals surface area (Å²) in [7, 11) is -3.26. The van der Waals surface area contributed by atoms with E-state index in [0.717, 1.165) is 6.26 Å². The summed E-state index contributed by atoms with van der Waals surface area (Å²) in [5, 5.41) is 2.78. The molecule has 1 heterocycles. The molecule has 0 saturated carbocycles. The van der Waals surface area contributed by atoms with Crippen molar-refractivity contribution in [2.45, 2.75) is 19.8 Å². The van der Waals surface area contributed by atoms with Gasteiger partial charge in [0.25, 0.3) is 0 Å². The number of sulfonamides is 1. The number of Topliss-reactive ketones (excluding diaryl/α,β-unsaturated/α-hetero) is 1. The number of anilines is 1. The predicted octanol–water partition coefficient (Wildman–Crippen LogP) is 1.50. The number of nitrogens with one attached hydrogen (secondary N) is 1. The van der Waals surface area contributed by atoms with Crippen LogP contribution < -0.4 is 5.32 Å². The Bertz CT molecular complexity index is 667. The molecule has 1 aromatic carbocycles. The molecule has 1 aromatic rings. The lowest BCUT2D eigenvalue weighted by atomic mass is 9.98. The molecule has 0 radical (unpaired) electrons. The lowest BCUT2D eigenvalue weighted by Gasteiger charge is -2.30. The zero-order valence-corrected chi connectivity index (χ0v) is 13.5. The molecule has 22 heavy (non-hydrogen) atoms. The van der Waals surface area contributed by atoms with Gasteiger partial charge >= 0.3 is 0 Å². The van der Waals surface area contributed by atoms with Gasteiger partial charge in [-0.25, -0.2) is 12.7 Å². The number of carbonyl (C=O) groups is 2. The summed E-state index contributed by atoms with van der Waals surface area (Å²) in [5.74, 6) is -0.575. The molecule has 1 atom stereocenters. The molecule has 1 N–H and O–H groups in total. The van der Waals surface area contributed by atoms with Crippen LogP contribution >= 0.6 is 0 Å². The monoisotopic (exact) mass is 324 g/mol. The molecular formula is C15H20N2O4S. The Morgan fingerprint density at radius 2 is 1.86 bits per heavy atom. The van der Waals surface area contributed by atoms with E-state index in [1.165, 1.54) is 11.2 Å². The van der Waals surface area contributed by atoms with Gasteiger partial charge in [-0.3, -0.25) is 9.59 Å². The predicted molar refractivity (Wildman–Crippen MR) is 84.2 cm³/mol. The zero-order valence-electron chi connectivity index (χ0n) is 12.7. The Labute approximate surface area is 130 Å². The molecule has 2 rings (SSSR count). The van der Waals surface area contributed by atoms with E-state index in [2.05, 4.69) is 5.32 Å². The normalized spacial score (nSPS) is 19.6. The molecule has 0 spiro atoms.